The van der Waals surface area contributed by atoms with Gasteiger partial charge in [-0.25, -0.2) is 0 Å². The van der Waals surface area contributed by atoms with Crippen molar-refractivity contribution in [2.24, 2.45) is 11.3 Å². The van der Waals surface area contributed by atoms with E-state index in [9.17, 15) is 9.90 Å². The lowest BCUT2D eigenvalue weighted by Gasteiger charge is -2.56. The number of carbonyl (C=O) groups is 1. The van der Waals surface area contributed by atoms with Gasteiger partial charge in [0.05, 0.1) is 0 Å². The standard InChI is InChI=1S/C10H14O2/c1-9(2)6-4-7(9)10(3,12)8(11)5-6/h5,7,12H,4H2,1-3H3/t7-,10-/m1/s1. The summed E-state index contributed by atoms with van der Waals surface area (Å²) in [6.07, 6.45) is 2.52. The molecule has 1 saturated carbocycles. The summed E-state index contributed by atoms with van der Waals surface area (Å²) in [5.74, 6) is 0.00516. The Kier molecular flexibility index (Phi) is 1.21. The van der Waals surface area contributed by atoms with Gasteiger partial charge >= 0.3 is 0 Å². The second-order valence-corrected chi connectivity index (χ2v) is 4.66. The van der Waals surface area contributed by atoms with Crippen LogP contribution in [-0.2, 0) is 4.79 Å². The van der Waals surface area contributed by atoms with Crippen LogP contribution in [0.25, 0.3) is 0 Å². The zero-order valence-electron chi connectivity index (χ0n) is 7.72. The van der Waals surface area contributed by atoms with Crippen LogP contribution in [0, 0.1) is 11.3 Å². The van der Waals surface area contributed by atoms with Gasteiger partial charge < -0.3 is 5.11 Å². The van der Waals surface area contributed by atoms with Crippen LogP contribution in [0.4, 0.5) is 0 Å². The molecule has 2 nitrogen and oxygen atoms in total. The maximum atomic E-state index is 11.3. The van der Waals surface area contributed by atoms with Crippen molar-refractivity contribution in [2.75, 3.05) is 0 Å². The Morgan fingerprint density at radius 3 is 2.42 bits per heavy atom. The minimum absolute atomic E-state index is 0.0391. The molecule has 0 amide bonds. The lowest BCUT2D eigenvalue weighted by Crippen LogP contribution is -2.59. The first-order chi connectivity index (χ1) is 5.37. The van der Waals surface area contributed by atoms with Crippen LogP contribution in [0.2, 0.25) is 0 Å². The highest BCUT2D eigenvalue weighted by Gasteiger charge is 2.58. The summed E-state index contributed by atoms with van der Waals surface area (Å²) in [5.41, 5.74) is 0.117. The van der Waals surface area contributed by atoms with E-state index in [0.29, 0.717) is 0 Å². The second kappa shape index (κ2) is 1.82. The summed E-state index contributed by atoms with van der Waals surface area (Å²) in [5, 5.41) is 9.89. The van der Waals surface area contributed by atoms with E-state index in [1.54, 1.807) is 13.0 Å². The summed E-state index contributed by atoms with van der Waals surface area (Å²) in [7, 11) is 0. The number of hydrogen-bond acceptors (Lipinski definition) is 2. The summed E-state index contributed by atoms with van der Waals surface area (Å²) in [6, 6.07) is 0. The van der Waals surface area contributed by atoms with Crippen molar-refractivity contribution in [3.8, 4) is 0 Å². The normalized spacial score (nSPS) is 43.5. The summed E-state index contributed by atoms with van der Waals surface area (Å²) >= 11 is 0. The number of ketones is 1. The number of hydrogen-bond donors (Lipinski definition) is 1. The van der Waals surface area contributed by atoms with Gasteiger partial charge in [-0.2, -0.15) is 0 Å². The first-order valence-electron chi connectivity index (χ1n) is 4.34. The fraction of sp³-hybridized carbons (Fsp3) is 0.700. The third-order valence-corrected chi connectivity index (χ3v) is 3.61. The van der Waals surface area contributed by atoms with Crippen LogP contribution in [0.1, 0.15) is 27.2 Å². The molecule has 3 rings (SSSR count). The van der Waals surface area contributed by atoms with Gasteiger partial charge in [0.2, 0.25) is 0 Å². The molecule has 0 saturated heterocycles. The molecule has 0 spiro atoms. The fourth-order valence-electron chi connectivity index (χ4n) is 2.45. The molecular weight excluding hydrogens is 152 g/mol. The van der Waals surface area contributed by atoms with E-state index in [0.717, 1.165) is 6.42 Å². The average Bonchev–Trinajstić information content (AvgIpc) is 1.93. The number of carbonyl (C=O) groups excluding carboxylic acids is 1. The molecule has 0 aliphatic heterocycles. The van der Waals surface area contributed by atoms with Crippen molar-refractivity contribution in [2.45, 2.75) is 32.8 Å². The van der Waals surface area contributed by atoms with E-state index in [1.165, 1.54) is 5.57 Å². The lowest BCUT2D eigenvalue weighted by molar-refractivity contribution is -0.150. The van der Waals surface area contributed by atoms with E-state index in [2.05, 4.69) is 13.8 Å². The molecule has 0 radical (unpaired) electrons. The van der Waals surface area contributed by atoms with Gasteiger partial charge in [0.1, 0.15) is 5.60 Å². The van der Waals surface area contributed by atoms with Gasteiger partial charge in [-0.1, -0.05) is 19.4 Å². The van der Waals surface area contributed by atoms with Gasteiger partial charge in [0, 0.05) is 5.92 Å². The second-order valence-electron chi connectivity index (χ2n) is 4.66. The molecular formula is C10H14O2. The van der Waals surface area contributed by atoms with Crippen LogP contribution in [0.3, 0.4) is 0 Å². The van der Waals surface area contributed by atoms with Gasteiger partial charge in [0.25, 0.3) is 0 Å². The molecule has 2 bridgehead atoms. The fourth-order valence-corrected chi connectivity index (χ4v) is 2.45. The molecule has 0 aromatic carbocycles. The van der Waals surface area contributed by atoms with Crippen LogP contribution in [0.15, 0.2) is 11.6 Å². The Morgan fingerprint density at radius 2 is 2.08 bits per heavy atom. The Hall–Kier alpha value is -0.630. The lowest BCUT2D eigenvalue weighted by atomic mass is 9.49. The molecule has 12 heavy (non-hydrogen) atoms. The number of rotatable bonds is 0. The van der Waals surface area contributed by atoms with Gasteiger partial charge in [-0.05, 0) is 24.8 Å². The van der Waals surface area contributed by atoms with Crippen molar-refractivity contribution in [1.82, 2.24) is 0 Å². The van der Waals surface area contributed by atoms with E-state index in [-0.39, 0.29) is 17.1 Å². The Morgan fingerprint density at radius 1 is 1.50 bits per heavy atom. The summed E-state index contributed by atoms with van der Waals surface area (Å²) < 4.78 is 0. The topological polar surface area (TPSA) is 37.3 Å². The van der Waals surface area contributed by atoms with Crippen LogP contribution in [-0.4, -0.2) is 16.5 Å². The number of fused-ring (bicyclic) bond motifs is 2. The number of aliphatic hydroxyl groups is 1. The Bertz CT molecular complexity index is 284. The predicted octanol–water partition coefficient (Wildman–Crippen LogP) is 1.29. The minimum atomic E-state index is -1.12. The van der Waals surface area contributed by atoms with Crippen LogP contribution in [0.5, 0.6) is 0 Å². The minimum Gasteiger partial charge on any atom is -0.382 e. The maximum Gasteiger partial charge on any atom is 0.187 e. The highest BCUT2D eigenvalue weighted by Crippen LogP contribution is 2.58. The van der Waals surface area contributed by atoms with E-state index < -0.39 is 5.60 Å². The molecule has 0 heterocycles. The zero-order chi connectivity index (χ0) is 9.15. The van der Waals surface area contributed by atoms with Crippen LogP contribution >= 0.6 is 0 Å². The Balaban J connectivity index is 2.49. The smallest absolute Gasteiger partial charge is 0.187 e. The average molecular weight is 166 g/mol. The molecule has 3 aliphatic carbocycles. The monoisotopic (exact) mass is 166 g/mol. The summed E-state index contributed by atoms with van der Waals surface area (Å²) in [4.78, 5) is 11.3. The molecule has 2 heteroatoms. The van der Waals surface area contributed by atoms with Crippen molar-refractivity contribution >= 4 is 5.78 Å². The summed E-state index contributed by atoms with van der Waals surface area (Å²) in [6.45, 7) is 5.82. The van der Waals surface area contributed by atoms with Gasteiger partial charge in [0.15, 0.2) is 5.78 Å². The third-order valence-electron chi connectivity index (χ3n) is 3.61. The molecule has 2 atom stereocenters. The molecule has 0 aromatic rings. The molecule has 0 aromatic heterocycles. The van der Waals surface area contributed by atoms with Crippen LogP contribution < -0.4 is 0 Å². The van der Waals surface area contributed by atoms with Gasteiger partial charge in [-0.3, -0.25) is 4.79 Å². The van der Waals surface area contributed by atoms with Gasteiger partial charge in [-0.15, -0.1) is 0 Å². The van der Waals surface area contributed by atoms with E-state index >= 15 is 0 Å². The van der Waals surface area contributed by atoms with Crippen molar-refractivity contribution in [3.05, 3.63) is 11.6 Å². The first kappa shape index (κ1) is 7.99. The maximum absolute atomic E-state index is 11.3. The van der Waals surface area contributed by atoms with Crippen molar-refractivity contribution in [3.63, 3.8) is 0 Å². The van der Waals surface area contributed by atoms with Crippen molar-refractivity contribution in [1.29, 1.82) is 0 Å². The highest BCUT2D eigenvalue weighted by atomic mass is 16.3. The molecule has 66 valence electrons. The van der Waals surface area contributed by atoms with E-state index in [1.807, 2.05) is 0 Å². The molecule has 1 fully saturated rings. The largest absolute Gasteiger partial charge is 0.382 e. The molecule has 1 N–H and O–H groups in total. The van der Waals surface area contributed by atoms with E-state index in [4.69, 9.17) is 0 Å². The molecule has 3 aliphatic rings. The highest BCUT2D eigenvalue weighted by molar-refractivity contribution is 6.00. The Labute approximate surface area is 72.3 Å². The quantitative estimate of drug-likeness (QED) is 0.588. The molecule has 0 unspecified atom stereocenters. The number of allylic oxidation sites excluding steroid dienone is 1. The zero-order valence-corrected chi connectivity index (χ0v) is 7.72. The van der Waals surface area contributed by atoms with Crippen molar-refractivity contribution < 1.29 is 9.90 Å². The predicted molar refractivity (Wildman–Crippen MR) is 45.6 cm³/mol. The third kappa shape index (κ3) is 0.667. The SMILES string of the molecule is CC1(C)C2=CC(=O)[C@](C)(O)[C@@H]1C2. The first-order valence-corrected chi connectivity index (χ1v) is 4.34.